The van der Waals surface area contributed by atoms with Gasteiger partial charge in [0.15, 0.2) is 12.2 Å². The van der Waals surface area contributed by atoms with Gasteiger partial charge in [0, 0.05) is 0 Å². The molecule has 2 fully saturated rings. The summed E-state index contributed by atoms with van der Waals surface area (Å²) in [5.41, 5.74) is 1.13. The van der Waals surface area contributed by atoms with Gasteiger partial charge >= 0.3 is 8.17 Å². The van der Waals surface area contributed by atoms with E-state index in [2.05, 4.69) is 24.3 Å². The SMILES string of the molecule is CC1(C)O[P+]2(OC(c3ccccc3)C(c3ccccc3)O2)OC1(C)C. The third-order valence-corrected chi connectivity index (χ3v) is 7.48. The van der Waals surface area contributed by atoms with E-state index in [0.717, 1.165) is 11.1 Å². The van der Waals surface area contributed by atoms with Crippen LogP contribution in [0.2, 0.25) is 0 Å². The summed E-state index contributed by atoms with van der Waals surface area (Å²) >= 11 is 0. The molecule has 5 heteroatoms. The zero-order chi connectivity index (χ0) is 17.7. The van der Waals surface area contributed by atoms with Gasteiger partial charge in [-0.15, -0.1) is 18.1 Å². The number of rotatable bonds is 2. The molecule has 2 heterocycles. The highest BCUT2D eigenvalue weighted by Gasteiger charge is 2.75. The topological polar surface area (TPSA) is 36.9 Å². The molecule has 2 aromatic carbocycles. The summed E-state index contributed by atoms with van der Waals surface area (Å²) in [5, 5.41) is 0. The smallest absolute Gasteiger partial charge is 0.144 e. The summed E-state index contributed by atoms with van der Waals surface area (Å²) in [7, 11) is -2.88. The zero-order valence-corrected chi connectivity index (χ0v) is 15.9. The molecule has 0 radical (unpaired) electrons. The van der Waals surface area contributed by atoms with Crippen LogP contribution in [0.25, 0.3) is 0 Å². The Morgan fingerprint density at radius 2 is 1.00 bits per heavy atom. The van der Waals surface area contributed by atoms with Crippen LogP contribution < -0.4 is 0 Å². The van der Waals surface area contributed by atoms with Gasteiger partial charge in [-0.05, 0) is 38.8 Å². The van der Waals surface area contributed by atoms with Gasteiger partial charge in [-0.3, -0.25) is 0 Å². The molecule has 4 nitrogen and oxygen atoms in total. The highest BCUT2D eigenvalue weighted by molar-refractivity contribution is 7.57. The minimum absolute atomic E-state index is 0.262. The summed E-state index contributed by atoms with van der Waals surface area (Å²) in [6.07, 6.45) is -0.525. The Hall–Kier alpha value is -1.29. The van der Waals surface area contributed by atoms with Gasteiger partial charge < -0.3 is 0 Å². The van der Waals surface area contributed by atoms with E-state index in [9.17, 15) is 0 Å². The maximum absolute atomic E-state index is 6.38. The first-order chi connectivity index (χ1) is 11.8. The van der Waals surface area contributed by atoms with Crippen molar-refractivity contribution in [3.8, 4) is 0 Å². The molecule has 1 spiro atoms. The summed E-state index contributed by atoms with van der Waals surface area (Å²) in [4.78, 5) is 0. The molecule has 2 aliphatic rings. The fraction of sp³-hybridized carbons (Fsp3) is 0.400. The molecule has 2 unspecified atom stereocenters. The first-order valence-electron chi connectivity index (χ1n) is 8.59. The zero-order valence-electron chi connectivity index (χ0n) is 15.0. The molecular weight excluding hydrogens is 335 g/mol. The van der Waals surface area contributed by atoms with Crippen molar-refractivity contribution in [3.63, 3.8) is 0 Å². The van der Waals surface area contributed by atoms with Gasteiger partial charge in [0.1, 0.15) is 11.2 Å². The van der Waals surface area contributed by atoms with Crippen LogP contribution in [0.4, 0.5) is 0 Å². The molecule has 0 saturated carbocycles. The lowest BCUT2D eigenvalue weighted by Crippen LogP contribution is -2.41. The largest absolute Gasteiger partial charge is 0.577 e. The van der Waals surface area contributed by atoms with Crippen LogP contribution in [0.15, 0.2) is 60.7 Å². The second kappa shape index (κ2) is 5.87. The number of benzene rings is 2. The van der Waals surface area contributed by atoms with Crippen LogP contribution in [-0.4, -0.2) is 11.2 Å². The van der Waals surface area contributed by atoms with E-state index in [1.54, 1.807) is 0 Å². The van der Waals surface area contributed by atoms with E-state index >= 15 is 0 Å². The Kier molecular flexibility index (Phi) is 4.02. The Labute approximate surface area is 149 Å². The lowest BCUT2D eigenvalue weighted by atomic mass is 9.90. The molecule has 0 aromatic heterocycles. The summed E-state index contributed by atoms with van der Waals surface area (Å²) in [6, 6.07) is 20.2. The predicted molar refractivity (Wildman–Crippen MR) is 97.8 cm³/mol. The van der Waals surface area contributed by atoms with Gasteiger partial charge in [0.25, 0.3) is 0 Å². The van der Waals surface area contributed by atoms with Crippen molar-refractivity contribution in [1.29, 1.82) is 0 Å². The van der Waals surface area contributed by atoms with Gasteiger partial charge in [0.2, 0.25) is 0 Å². The van der Waals surface area contributed by atoms with Crippen molar-refractivity contribution < 1.29 is 18.1 Å². The van der Waals surface area contributed by atoms with E-state index in [1.807, 2.05) is 64.1 Å². The molecule has 2 aromatic rings. The third-order valence-electron chi connectivity index (χ3n) is 5.15. The Balaban J connectivity index is 1.73. The monoisotopic (exact) mass is 359 g/mol. The number of hydrogen-bond donors (Lipinski definition) is 0. The maximum atomic E-state index is 6.38. The highest BCUT2D eigenvalue weighted by Crippen LogP contribution is 2.81. The minimum atomic E-state index is -2.88. The molecule has 0 bridgehead atoms. The molecular formula is C20H24O4P+. The van der Waals surface area contributed by atoms with Gasteiger partial charge in [-0.2, -0.15) is 0 Å². The lowest BCUT2D eigenvalue weighted by molar-refractivity contribution is 0.00578. The maximum Gasteiger partial charge on any atom is 0.577 e. The van der Waals surface area contributed by atoms with E-state index in [-0.39, 0.29) is 12.2 Å². The Morgan fingerprint density at radius 1 is 0.640 bits per heavy atom. The van der Waals surface area contributed by atoms with E-state index in [4.69, 9.17) is 18.1 Å². The van der Waals surface area contributed by atoms with E-state index < -0.39 is 19.4 Å². The molecule has 132 valence electrons. The molecule has 0 aliphatic carbocycles. The predicted octanol–water partition coefficient (Wildman–Crippen LogP) is 5.80. The summed E-state index contributed by atoms with van der Waals surface area (Å²) in [5.74, 6) is 0. The number of hydrogen-bond acceptors (Lipinski definition) is 4. The minimum Gasteiger partial charge on any atom is -0.144 e. The Morgan fingerprint density at radius 3 is 1.36 bits per heavy atom. The van der Waals surface area contributed by atoms with E-state index in [0.29, 0.717) is 0 Å². The molecule has 25 heavy (non-hydrogen) atoms. The van der Waals surface area contributed by atoms with Gasteiger partial charge in [-0.1, -0.05) is 60.7 Å². The van der Waals surface area contributed by atoms with Crippen LogP contribution in [0.5, 0.6) is 0 Å². The molecule has 2 saturated heterocycles. The molecule has 2 atom stereocenters. The van der Waals surface area contributed by atoms with Crippen molar-refractivity contribution in [2.24, 2.45) is 0 Å². The second-order valence-electron chi connectivity index (χ2n) is 7.52. The average Bonchev–Trinajstić information content (AvgIpc) is 3.02. The van der Waals surface area contributed by atoms with Crippen LogP contribution in [-0.2, 0) is 18.1 Å². The molecule has 2 aliphatic heterocycles. The fourth-order valence-corrected chi connectivity index (χ4v) is 5.89. The van der Waals surface area contributed by atoms with Crippen LogP contribution in [0.1, 0.15) is 51.0 Å². The van der Waals surface area contributed by atoms with Crippen molar-refractivity contribution in [3.05, 3.63) is 71.8 Å². The van der Waals surface area contributed by atoms with Gasteiger partial charge in [0.05, 0.1) is 0 Å². The van der Waals surface area contributed by atoms with Crippen molar-refractivity contribution in [1.82, 2.24) is 0 Å². The van der Waals surface area contributed by atoms with E-state index in [1.165, 1.54) is 0 Å². The summed E-state index contributed by atoms with van der Waals surface area (Å²) in [6.45, 7) is 8.06. The normalized spacial score (nSPS) is 29.1. The van der Waals surface area contributed by atoms with Crippen molar-refractivity contribution >= 4 is 8.17 Å². The first kappa shape index (κ1) is 17.1. The summed E-state index contributed by atoms with van der Waals surface area (Å²) < 4.78 is 25.3. The molecule has 4 rings (SSSR count). The lowest BCUT2D eigenvalue weighted by Gasteiger charge is -2.23. The Bertz CT molecular complexity index is 679. The standard InChI is InChI=1S/C20H24O4P/c1-19(2)20(3,4)24-25(23-19)21-17(15-11-7-5-8-12-15)18(22-25)16-13-9-6-10-14-16/h5-14,17-18H,1-4H3/q+1. The second-order valence-corrected chi connectivity index (χ2v) is 9.21. The van der Waals surface area contributed by atoms with Gasteiger partial charge in [-0.25, -0.2) is 0 Å². The highest BCUT2D eigenvalue weighted by atomic mass is 31.2. The quantitative estimate of drug-likeness (QED) is 0.635. The average molecular weight is 359 g/mol. The fourth-order valence-electron chi connectivity index (χ4n) is 3.05. The van der Waals surface area contributed by atoms with Crippen molar-refractivity contribution in [2.45, 2.75) is 51.1 Å². The van der Waals surface area contributed by atoms with Crippen LogP contribution in [0.3, 0.4) is 0 Å². The van der Waals surface area contributed by atoms with Crippen LogP contribution in [0, 0.1) is 0 Å². The molecule has 0 N–H and O–H groups in total. The molecule has 0 amide bonds. The first-order valence-corrected chi connectivity index (χ1v) is 10.1. The van der Waals surface area contributed by atoms with Crippen LogP contribution >= 0.6 is 8.17 Å². The third kappa shape index (κ3) is 2.92. The van der Waals surface area contributed by atoms with Crippen molar-refractivity contribution in [2.75, 3.05) is 0 Å².